The fourth-order valence-corrected chi connectivity index (χ4v) is 3.85. The molecule has 23 heavy (non-hydrogen) atoms. The quantitative estimate of drug-likeness (QED) is 0.554. The average molecular weight is 363 g/mol. The Morgan fingerprint density at radius 3 is 2.96 bits per heavy atom. The largest absolute Gasteiger partial charge is 0.418 e. The van der Waals surface area contributed by atoms with Crippen LogP contribution in [-0.2, 0) is 21.2 Å². The minimum atomic E-state index is -4.83. The zero-order valence-corrected chi connectivity index (χ0v) is 13.3. The van der Waals surface area contributed by atoms with E-state index in [1.165, 1.54) is 4.90 Å². The first-order valence-corrected chi connectivity index (χ1v) is 8.71. The molecule has 1 aromatic heterocycles. The molecule has 2 aliphatic heterocycles. The molecule has 126 valence electrons. The summed E-state index contributed by atoms with van der Waals surface area (Å²) in [5, 5.41) is 3.36. The summed E-state index contributed by atoms with van der Waals surface area (Å²) >= 11 is 1.04. The fourth-order valence-electron chi connectivity index (χ4n) is 2.42. The number of fused-ring (bicyclic) bond motifs is 4. The van der Waals surface area contributed by atoms with E-state index in [0.29, 0.717) is 22.2 Å². The van der Waals surface area contributed by atoms with Gasteiger partial charge < -0.3 is 16.0 Å². The number of hydrogen-bond acceptors (Lipinski definition) is 8. The number of rotatable bonds is 5. The van der Waals surface area contributed by atoms with E-state index in [4.69, 9.17) is 10.3 Å². The first-order chi connectivity index (χ1) is 10.8. The van der Waals surface area contributed by atoms with E-state index in [1.807, 2.05) is 0 Å². The fraction of sp³-hybridized carbons (Fsp3) is 0.500. The predicted octanol–water partition coefficient (Wildman–Crippen LogP) is -1.14. The van der Waals surface area contributed by atoms with Crippen molar-refractivity contribution >= 4 is 33.7 Å². The molecule has 0 aliphatic carbocycles. The Bertz CT molecular complexity index is 762. The van der Waals surface area contributed by atoms with Crippen molar-refractivity contribution in [2.24, 2.45) is 5.73 Å². The van der Waals surface area contributed by atoms with Gasteiger partial charge in [-0.15, -0.1) is 15.6 Å². The molecule has 4 N–H and O–H groups in total. The van der Waals surface area contributed by atoms with Gasteiger partial charge in [-0.1, -0.05) is 0 Å². The lowest BCUT2D eigenvalue weighted by Crippen LogP contribution is -2.32. The van der Waals surface area contributed by atoms with Gasteiger partial charge in [-0.25, -0.2) is 9.78 Å². The zero-order valence-electron chi connectivity index (χ0n) is 11.6. The van der Waals surface area contributed by atoms with E-state index in [0.717, 1.165) is 11.3 Å². The smallest absolute Gasteiger partial charge is 0.349 e. The number of carbonyl (C=O) groups excluding carboxylic acids is 2. The van der Waals surface area contributed by atoms with Gasteiger partial charge >= 0.3 is 16.4 Å². The summed E-state index contributed by atoms with van der Waals surface area (Å²) in [5.41, 5.74) is 5.81. The normalized spacial score (nSPS) is 19.9. The highest BCUT2D eigenvalue weighted by atomic mass is 32.3. The van der Waals surface area contributed by atoms with Crippen molar-refractivity contribution in [2.45, 2.75) is 12.6 Å². The van der Waals surface area contributed by atoms with E-state index in [9.17, 15) is 18.0 Å². The number of aromatic nitrogens is 1. The minimum absolute atomic E-state index is 0.136. The van der Waals surface area contributed by atoms with Crippen LogP contribution >= 0.6 is 11.3 Å². The lowest BCUT2D eigenvalue weighted by molar-refractivity contribution is -0.0307. The van der Waals surface area contributed by atoms with Gasteiger partial charge in [0.1, 0.15) is 6.04 Å². The third-order valence-corrected chi connectivity index (χ3v) is 4.85. The van der Waals surface area contributed by atoms with Gasteiger partial charge in [0.2, 0.25) is 0 Å². The van der Waals surface area contributed by atoms with Crippen LogP contribution in [-0.4, -0.2) is 59.5 Å². The maximum atomic E-state index is 12.0. The van der Waals surface area contributed by atoms with Crippen molar-refractivity contribution in [2.75, 3.05) is 19.6 Å². The SMILES string of the molecule is NCCNC(=O)c1nc2c(s1)C1CN(C2)C(=O)N1OS(=O)(=O)O. The van der Waals surface area contributed by atoms with Crippen molar-refractivity contribution in [3.63, 3.8) is 0 Å². The lowest BCUT2D eigenvalue weighted by Gasteiger charge is -2.20. The van der Waals surface area contributed by atoms with E-state index in [2.05, 4.69) is 14.6 Å². The number of nitrogens with two attached hydrogens (primary N) is 1. The molecule has 0 saturated carbocycles. The second kappa shape index (κ2) is 5.68. The van der Waals surface area contributed by atoms with Gasteiger partial charge in [0.25, 0.3) is 5.91 Å². The topological polar surface area (TPSA) is 155 Å². The van der Waals surface area contributed by atoms with E-state index >= 15 is 0 Å². The molecule has 2 aliphatic rings. The third kappa shape index (κ3) is 3.00. The molecular weight excluding hydrogens is 350 g/mol. The van der Waals surface area contributed by atoms with Gasteiger partial charge in [0.15, 0.2) is 5.01 Å². The number of nitrogens with zero attached hydrogens (tertiary/aromatic N) is 3. The molecule has 3 amide bonds. The van der Waals surface area contributed by atoms with Crippen LogP contribution in [0.2, 0.25) is 0 Å². The van der Waals surface area contributed by atoms with Gasteiger partial charge in [-0.05, 0) is 0 Å². The first-order valence-electron chi connectivity index (χ1n) is 6.53. The summed E-state index contributed by atoms with van der Waals surface area (Å²) in [6.45, 7) is 0.914. The molecule has 1 fully saturated rings. The lowest BCUT2D eigenvalue weighted by atomic mass is 10.1. The van der Waals surface area contributed by atoms with Crippen molar-refractivity contribution in [3.05, 3.63) is 15.6 Å². The maximum Gasteiger partial charge on any atom is 0.418 e. The highest BCUT2D eigenvalue weighted by Gasteiger charge is 2.47. The van der Waals surface area contributed by atoms with Crippen molar-refractivity contribution in [1.29, 1.82) is 0 Å². The molecule has 1 atom stereocenters. The van der Waals surface area contributed by atoms with Gasteiger partial charge in [-0.3, -0.25) is 9.35 Å². The second-order valence-corrected chi connectivity index (χ2v) is 6.92. The maximum absolute atomic E-state index is 12.0. The molecule has 1 saturated heterocycles. The number of hydrogen-bond donors (Lipinski definition) is 3. The molecule has 3 heterocycles. The predicted molar refractivity (Wildman–Crippen MR) is 76.5 cm³/mol. The van der Waals surface area contributed by atoms with Crippen LogP contribution in [0.3, 0.4) is 0 Å². The van der Waals surface area contributed by atoms with Crippen molar-refractivity contribution in [1.82, 2.24) is 20.3 Å². The van der Waals surface area contributed by atoms with Crippen molar-refractivity contribution in [3.8, 4) is 0 Å². The Balaban J connectivity index is 1.88. The molecule has 2 bridgehead atoms. The highest BCUT2D eigenvalue weighted by Crippen LogP contribution is 2.41. The Hall–Kier alpha value is -1.80. The van der Waals surface area contributed by atoms with Crippen LogP contribution in [0.4, 0.5) is 4.79 Å². The first kappa shape index (κ1) is 16.1. The molecular formula is C10H13N5O6S2. The van der Waals surface area contributed by atoms with Crippen LogP contribution in [0.5, 0.6) is 0 Å². The van der Waals surface area contributed by atoms with Crippen LogP contribution in [0.15, 0.2) is 0 Å². The monoisotopic (exact) mass is 363 g/mol. The Kier molecular flexibility index (Phi) is 3.97. The summed E-state index contributed by atoms with van der Waals surface area (Å²) in [6.07, 6.45) is 0. The number of nitrogens with one attached hydrogen (secondary N) is 1. The van der Waals surface area contributed by atoms with Gasteiger partial charge in [0, 0.05) is 13.1 Å². The van der Waals surface area contributed by atoms with Crippen LogP contribution in [0, 0.1) is 0 Å². The average Bonchev–Trinajstić information content (AvgIpc) is 3.00. The molecule has 13 heteroatoms. The van der Waals surface area contributed by atoms with Crippen LogP contribution in [0.25, 0.3) is 0 Å². The summed E-state index contributed by atoms with van der Waals surface area (Å²) < 4.78 is 34.9. The molecule has 0 spiro atoms. The number of hydroxylamine groups is 2. The molecule has 11 nitrogen and oxygen atoms in total. The minimum Gasteiger partial charge on any atom is -0.349 e. The standard InChI is InChI=1S/C10H13N5O6S2/c11-1-2-12-8(16)9-13-5-3-14-4-6(7(5)22-9)15(10(14)17)21-23(18,19)20/h6H,1-4,11H2,(H,12,16)(H,18,19,20). The number of amides is 3. The van der Waals surface area contributed by atoms with Gasteiger partial charge in [0.05, 0.1) is 23.7 Å². The van der Waals surface area contributed by atoms with E-state index in [-0.39, 0.29) is 24.6 Å². The summed E-state index contributed by atoms with van der Waals surface area (Å²) in [4.78, 5) is 30.0. The molecule has 1 aromatic rings. The molecule has 0 aromatic carbocycles. The molecule has 3 rings (SSSR count). The van der Waals surface area contributed by atoms with Crippen LogP contribution in [0.1, 0.15) is 26.4 Å². The van der Waals surface area contributed by atoms with Gasteiger partial charge in [-0.2, -0.15) is 13.5 Å². The van der Waals surface area contributed by atoms with Crippen LogP contribution < -0.4 is 11.1 Å². The summed E-state index contributed by atoms with van der Waals surface area (Å²) in [6, 6.07) is -1.44. The summed E-state index contributed by atoms with van der Waals surface area (Å²) in [5.74, 6) is -0.394. The summed E-state index contributed by atoms with van der Waals surface area (Å²) in [7, 11) is -4.83. The van der Waals surface area contributed by atoms with Crippen molar-refractivity contribution < 1.29 is 26.8 Å². The van der Waals surface area contributed by atoms with E-state index < -0.39 is 28.4 Å². The third-order valence-electron chi connectivity index (χ3n) is 3.30. The number of carbonyl (C=O) groups is 2. The number of urea groups is 1. The zero-order chi connectivity index (χ0) is 16.8. The van der Waals surface area contributed by atoms with E-state index in [1.54, 1.807) is 0 Å². The Morgan fingerprint density at radius 2 is 2.30 bits per heavy atom. The highest BCUT2D eigenvalue weighted by molar-refractivity contribution is 7.80. The molecule has 0 radical (unpaired) electrons. The Labute approximate surface area is 134 Å². The Morgan fingerprint density at radius 1 is 1.57 bits per heavy atom. The molecule has 1 unspecified atom stereocenters. The number of thiazole rings is 1. The second-order valence-electron chi connectivity index (χ2n) is 4.88.